The summed E-state index contributed by atoms with van der Waals surface area (Å²) in [6, 6.07) is 8.89. The number of nitrogens with one attached hydrogen (secondary N) is 7. The van der Waals surface area contributed by atoms with Crippen molar-refractivity contribution >= 4 is 94.1 Å². The number of imide groups is 1. The molecule has 0 saturated carbocycles. The standard InChI is InChI=1S/C88H139N15O20S/c1-17-59(10)76(68(117-15)54-72(107)102-36-22-26-67(102)77(118-16)60(11)79(108)95-66(83-91-35-50-124-83)52-61-23-19-18-20-24-61)99(13)85(113)74(57(6)7)97-82(111)75(58(8)9)100(14)88(116)123-78(86(114)101-40-38-98(12)39-41-101)62-27-29-64(30-28-62)93-80(109)65(25-21-33-92-87(89)115)94-81(110)73(56(4)5)96-70(105)32-42-119-44-46-121-48-49-122-47-45-120-43-34-90-69(104)31-37-103-71(106)53-63(84(103)112)51-55(2)3/h18-20,23-24,27-30,35,50,55-60,63,65-68,73-78H,17,21-22,25-26,31-34,36-49,51-54H2,1-16H3,(H,90,104)(H,93,109)(H,94,110)(H,95,108)(H,96,105)(H,97,111)(H3,89,92,115)/t59-,60+,63?,65-,66-,67-,68+,73-,74-,75-,76-,77+,78?/m0/s1. The molecule has 3 aliphatic rings. The minimum Gasteiger partial charge on any atom is -0.431 e. The van der Waals surface area contributed by atoms with E-state index >= 15 is 4.79 Å². The van der Waals surface area contributed by atoms with E-state index in [-0.39, 0.29) is 170 Å². The van der Waals surface area contributed by atoms with Crippen molar-refractivity contribution in [2.45, 2.75) is 207 Å². The highest BCUT2D eigenvalue weighted by molar-refractivity contribution is 7.09. The number of piperazine rings is 1. The summed E-state index contributed by atoms with van der Waals surface area (Å²) in [5.41, 5.74) is 6.81. The molecule has 4 heterocycles. The number of thiazole rings is 1. The van der Waals surface area contributed by atoms with Crippen LogP contribution in [0.5, 0.6) is 0 Å². The number of methoxy groups -OCH3 is 2. The third-order valence-electron chi connectivity index (χ3n) is 22.9. The molecular formula is C88H139N15O20S. The lowest BCUT2D eigenvalue weighted by Gasteiger charge is -2.41. The first-order chi connectivity index (χ1) is 59.1. The molecule has 35 nitrogen and oxygen atoms in total. The van der Waals surface area contributed by atoms with Gasteiger partial charge in [-0.25, -0.2) is 14.6 Å². The van der Waals surface area contributed by atoms with Crippen LogP contribution in [0.2, 0.25) is 0 Å². The molecule has 0 bridgehead atoms. The zero-order valence-corrected chi connectivity index (χ0v) is 76.4. The number of primary amides is 1. The first kappa shape index (κ1) is 103. The van der Waals surface area contributed by atoms with Crippen LogP contribution in [-0.2, 0) is 92.3 Å². The average molecular weight is 1760 g/mol. The molecule has 14 amide bonds. The molecule has 9 N–H and O–H groups in total. The van der Waals surface area contributed by atoms with Crippen LogP contribution in [0.3, 0.4) is 0 Å². The molecule has 3 aromatic rings. The monoisotopic (exact) mass is 1760 g/mol. The van der Waals surface area contributed by atoms with E-state index in [1.54, 1.807) is 76.6 Å². The average Bonchev–Trinajstić information content (AvgIpc) is 1.30. The summed E-state index contributed by atoms with van der Waals surface area (Å²) in [4.78, 5) is 193. The van der Waals surface area contributed by atoms with Crippen molar-refractivity contribution in [3.8, 4) is 0 Å². The van der Waals surface area contributed by atoms with Gasteiger partial charge in [0.15, 0.2) is 0 Å². The molecule has 13 atom stereocenters. The van der Waals surface area contributed by atoms with E-state index in [9.17, 15) is 57.5 Å². The topological polar surface area (TPSA) is 429 Å². The van der Waals surface area contributed by atoms with Gasteiger partial charge in [-0.15, -0.1) is 11.3 Å². The zero-order chi connectivity index (χ0) is 91.3. The molecular weight excluding hydrogens is 1620 g/mol. The van der Waals surface area contributed by atoms with Crippen LogP contribution in [0, 0.1) is 41.4 Å². The summed E-state index contributed by atoms with van der Waals surface area (Å²) >= 11 is 1.46. The van der Waals surface area contributed by atoms with Crippen molar-refractivity contribution in [2.75, 3.05) is 146 Å². The normalized spacial score (nSPS) is 17.7. The van der Waals surface area contributed by atoms with Crippen LogP contribution in [0.15, 0.2) is 66.2 Å². The molecule has 3 saturated heterocycles. The predicted octanol–water partition coefficient (Wildman–Crippen LogP) is 5.61. The minimum atomic E-state index is -1.56. The number of rotatable bonds is 54. The second-order valence-electron chi connectivity index (χ2n) is 33.7. The van der Waals surface area contributed by atoms with Crippen molar-refractivity contribution < 1.29 is 95.5 Å². The molecule has 2 aromatic carbocycles. The van der Waals surface area contributed by atoms with Gasteiger partial charge in [0.2, 0.25) is 65.2 Å². The van der Waals surface area contributed by atoms with Crippen LogP contribution in [0.25, 0.3) is 0 Å². The van der Waals surface area contributed by atoms with Crippen molar-refractivity contribution in [1.82, 2.24) is 66.3 Å². The van der Waals surface area contributed by atoms with Gasteiger partial charge in [0, 0.05) is 129 Å². The van der Waals surface area contributed by atoms with Gasteiger partial charge in [0.05, 0.1) is 95.5 Å². The maximum Gasteiger partial charge on any atom is 0.411 e. The maximum atomic E-state index is 15.2. The van der Waals surface area contributed by atoms with Crippen LogP contribution >= 0.6 is 11.3 Å². The van der Waals surface area contributed by atoms with E-state index in [2.05, 4.69) is 47.1 Å². The van der Waals surface area contributed by atoms with Gasteiger partial charge in [-0.3, -0.25) is 62.5 Å². The Balaban J connectivity index is 1.02. The van der Waals surface area contributed by atoms with Gasteiger partial charge in [0.25, 0.3) is 5.91 Å². The predicted molar refractivity (Wildman–Crippen MR) is 466 cm³/mol. The molecule has 3 aliphatic heterocycles. The first-order valence-corrected chi connectivity index (χ1v) is 44.5. The molecule has 6 rings (SSSR count). The van der Waals surface area contributed by atoms with Crippen LogP contribution in [-0.4, -0.2) is 301 Å². The van der Waals surface area contributed by atoms with Gasteiger partial charge < -0.3 is 95.7 Å². The number of carbonyl (C=O) groups excluding carboxylic acids is 13. The second-order valence-corrected chi connectivity index (χ2v) is 34.7. The molecule has 3 fully saturated rings. The molecule has 1 aromatic heterocycles. The highest BCUT2D eigenvalue weighted by atomic mass is 32.1. The fourth-order valence-electron chi connectivity index (χ4n) is 15.7. The lowest BCUT2D eigenvalue weighted by molar-refractivity contribution is -0.148. The number of likely N-dealkylation sites (tertiary alicyclic amines) is 2. The van der Waals surface area contributed by atoms with Crippen molar-refractivity contribution in [2.24, 2.45) is 47.2 Å². The Morgan fingerprint density at radius 2 is 1.30 bits per heavy atom. The molecule has 0 spiro atoms. The van der Waals surface area contributed by atoms with Gasteiger partial charge in [0.1, 0.15) is 29.2 Å². The number of carbonyl (C=O) groups is 13. The molecule has 124 heavy (non-hydrogen) atoms. The Bertz CT molecular complexity index is 3880. The van der Waals surface area contributed by atoms with Crippen molar-refractivity contribution in [1.29, 1.82) is 0 Å². The first-order valence-electron chi connectivity index (χ1n) is 43.6. The van der Waals surface area contributed by atoms with E-state index in [1.165, 1.54) is 54.7 Å². The third-order valence-corrected chi connectivity index (χ3v) is 23.8. The highest BCUT2D eigenvalue weighted by Crippen LogP contribution is 2.33. The quantitative estimate of drug-likeness (QED) is 0.0251. The Morgan fingerprint density at radius 1 is 0.661 bits per heavy atom. The highest BCUT2D eigenvalue weighted by Gasteiger charge is 2.46. The smallest absolute Gasteiger partial charge is 0.411 e. The molecule has 0 aliphatic carbocycles. The number of urea groups is 1. The number of hydrogen-bond acceptors (Lipinski definition) is 23. The van der Waals surface area contributed by atoms with Gasteiger partial charge in [-0.1, -0.05) is 125 Å². The number of nitrogens with zero attached hydrogens (tertiary/aromatic N) is 7. The molecule has 692 valence electrons. The minimum absolute atomic E-state index is 0.0106. The number of hydrogen-bond donors (Lipinski definition) is 8. The maximum absolute atomic E-state index is 15.2. The van der Waals surface area contributed by atoms with E-state index in [0.29, 0.717) is 64.8 Å². The van der Waals surface area contributed by atoms with E-state index in [1.807, 2.05) is 77.4 Å². The zero-order valence-electron chi connectivity index (χ0n) is 75.5. The summed E-state index contributed by atoms with van der Waals surface area (Å²) < 4.78 is 40.7. The number of benzene rings is 2. The fourth-order valence-corrected chi connectivity index (χ4v) is 16.4. The third kappa shape index (κ3) is 32.6. The fraction of sp³-hybridized carbons (Fsp3) is 0.682. The van der Waals surface area contributed by atoms with E-state index in [4.69, 9.17) is 38.9 Å². The van der Waals surface area contributed by atoms with Gasteiger partial charge in [-0.2, -0.15) is 0 Å². The Kier molecular flexibility index (Phi) is 44.4. The molecule has 0 radical (unpaired) electrons. The Labute approximate surface area is 735 Å². The number of amides is 14. The lowest BCUT2D eigenvalue weighted by Crippen LogP contribution is -2.60. The second kappa shape index (κ2) is 53.2. The molecule has 36 heteroatoms. The summed E-state index contributed by atoms with van der Waals surface area (Å²) in [7, 11) is 7.98. The van der Waals surface area contributed by atoms with Crippen LogP contribution in [0.1, 0.15) is 169 Å². The van der Waals surface area contributed by atoms with Gasteiger partial charge in [-0.05, 0) is 92.9 Å². The summed E-state index contributed by atoms with van der Waals surface area (Å²) in [6.45, 7) is 24.5. The number of ether oxygens (including phenoxy) is 7. The Hall–Kier alpha value is -9.30. The number of nitrogens with two attached hydrogens (primary N) is 1. The van der Waals surface area contributed by atoms with Crippen molar-refractivity contribution in [3.05, 3.63) is 82.3 Å². The van der Waals surface area contributed by atoms with E-state index < -0.39 is 132 Å². The van der Waals surface area contributed by atoms with Crippen LogP contribution < -0.4 is 43.0 Å². The van der Waals surface area contributed by atoms with Crippen LogP contribution in [0.4, 0.5) is 15.3 Å². The lowest BCUT2D eigenvalue weighted by atomic mass is 9.89. The van der Waals surface area contributed by atoms with Crippen molar-refractivity contribution in [3.63, 3.8) is 0 Å². The largest absolute Gasteiger partial charge is 0.431 e. The number of aromatic nitrogens is 1. The van der Waals surface area contributed by atoms with E-state index in [0.717, 1.165) is 15.5 Å². The summed E-state index contributed by atoms with van der Waals surface area (Å²) in [5, 5.41) is 22.4. The molecule has 2 unspecified atom stereocenters. The SMILES string of the molecule is CC[C@H](C)[C@@H]([C@@H](CC(=O)N1CCC[C@H]1[C@H](OC)[C@@H](C)C(=O)N[C@@H](Cc1ccccc1)c1nccs1)OC)N(C)C(=O)[C@@H](NC(=O)[C@H](C(C)C)N(C)C(=O)OC(C(=O)N1CCN(C)CC1)c1ccc(NC(=O)[C@H](CCCNC(N)=O)NC(=O)[C@@H](NC(=O)CCOCCOCCOCCOCCNC(=O)CCN2C(=O)CC(CC(C)C)C2=O)C(C)C)cc1)C(C)C. The number of likely N-dealkylation sites (N-methyl/N-ethyl adjacent to an activating group) is 3. The summed E-state index contributed by atoms with van der Waals surface area (Å²) in [5.74, 6) is -7.11. The number of anilines is 1. The Morgan fingerprint density at radius 3 is 1.88 bits per heavy atom. The summed E-state index contributed by atoms with van der Waals surface area (Å²) in [6.07, 6.45) is 0.888. The van der Waals surface area contributed by atoms with Gasteiger partial charge >= 0.3 is 12.1 Å².